The van der Waals surface area contributed by atoms with Crippen LogP contribution in [0.1, 0.15) is 77.9 Å². The highest BCUT2D eigenvalue weighted by molar-refractivity contribution is 7.09. The van der Waals surface area contributed by atoms with Gasteiger partial charge in [-0.25, -0.2) is 4.98 Å². The van der Waals surface area contributed by atoms with Crippen molar-refractivity contribution < 1.29 is 9.22 Å². The molecule has 0 unspecified atom stereocenters. The van der Waals surface area contributed by atoms with Crippen LogP contribution in [0.4, 0.5) is 0 Å². The van der Waals surface area contributed by atoms with E-state index in [9.17, 15) is 4.79 Å². The molecular weight excluding hydrogens is 394 g/mol. The average molecular weight is 436 g/mol. The van der Waals surface area contributed by atoms with Crippen LogP contribution in [0.2, 0.25) is 18.1 Å². The van der Waals surface area contributed by atoms with Crippen LogP contribution in [0.5, 0.6) is 0 Å². The van der Waals surface area contributed by atoms with E-state index in [-0.39, 0.29) is 17.1 Å². The Balaban J connectivity index is 2.94. The number of carbonyl (C=O) groups excluding carboxylic acids is 1. The Morgan fingerprint density at radius 1 is 1.31 bits per heavy atom. The van der Waals surface area contributed by atoms with Gasteiger partial charge in [-0.3, -0.25) is 0 Å². The van der Waals surface area contributed by atoms with Crippen LogP contribution in [-0.2, 0) is 9.22 Å². The molecule has 0 bridgehead atoms. The molecule has 0 N–H and O–H groups in total. The van der Waals surface area contributed by atoms with Gasteiger partial charge in [0.2, 0.25) is 0 Å². The smallest absolute Gasteiger partial charge is 0.192 e. The van der Waals surface area contributed by atoms with Crippen LogP contribution in [0.15, 0.2) is 22.6 Å². The second kappa shape index (κ2) is 11.4. The molecule has 1 heterocycles. The standard InChI is InChI=1S/C24H41NO2SSi/c1-18(11-10-12-19(2)16-26)13-14-23(27-29(8,9)24(5,6)7)20(3)15-22-17-28-21(4)25-22/h13,15-17,19,23H,10-12,14H2,1-9H3/b18-13?,20-15+/t19-,23-/m0/s1. The molecule has 0 saturated heterocycles. The molecular formula is C24H41NO2SSi. The fraction of sp³-hybridized carbons (Fsp3) is 0.667. The summed E-state index contributed by atoms with van der Waals surface area (Å²) in [5.41, 5.74) is 3.64. The van der Waals surface area contributed by atoms with Crippen LogP contribution in [-0.4, -0.2) is 25.7 Å². The van der Waals surface area contributed by atoms with Gasteiger partial charge < -0.3 is 9.22 Å². The Hall–Kier alpha value is -1.04. The van der Waals surface area contributed by atoms with Crippen LogP contribution in [0, 0.1) is 12.8 Å². The summed E-state index contributed by atoms with van der Waals surface area (Å²) in [7, 11) is -1.89. The largest absolute Gasteiger partial charge is 0.410 e. The van der Waals surface area contributed by atoms with Crippen molar-refractivity contribution >= 4 is 32.0 Å². The van der Waals surface area contributed by atoms with E-state index in [1.807, 2.05) is 13.8 Å². The second-order valence-corrected chi connectivity index (χ2v) is 15.7. The topological polar surface area (TPSA) is 39.2 Å². The first-order chi connectivity index (χ1) is 13.4. The molecule has 3 nitrogen and oxygen atoms in total. The summed E-state index contributed by atoms with van der Waals surface area (Å²) in [6.07, 6.45) is 9.57. The molecule has 164 valence electrons. The zero-order chi connectivity index (χ0) is 22.2. The fourth-order valence-electron chi connectivity index (χ4n) is 2.81. The van der Waals surface area contributed by atoms with Gasteiger partial charge >= 0.3 is 0 Å². The zero-order valence-corrected chi connectivity index (χ0v) is 21.8. The lowest BCUT2D eigenvalue weighted by molar-refractivity contribution is -0.110. The van der Waals surface area contributed by atoms with Gasteiger partial charge in [-0.15, -0.1) is 11.3 Å². The van der Waals surface area contributed by atoms with E-state index < -0.39 is 8.32 Å². The van der Waals surface area contributed by atoms with Crippen molar-refractivity contribution in [1.82, 2.24) is 4.98 Å². The highest BCUT2D eigenvalue weighted by Gasteiger charge is 2.39. The molecule has 1 aromatic heterocycles. The summed E-state index contributed by atoms with van der Waals surface area (Å²) in [6.45, 7) is 19.9. The zero-order valence-electron chi connectivity index (χ0n) is 20.0. The maximum absolute atomic E-state index is 10.8. The van der Waals surface area contributed by atoms with E-state index in [1.165, 1.54) is 11.1 Å². The number of allylic oxidation sites excluding steroid dienone is 1. The summed E-state index contributed by atoms with van der Waals surface area (Å²) in [5, 5.41) is 3.37. The molecule has 5 heteroatoms. The van der Waals surface area contributed by atoms with Gasteiger partial charge in [-0.2, -0.15) is 0 Å². The molecule has 0 aliphatic carbocycles. The van der Waals surface area contributed by atoms with Crippen molar-refractivity contribution in [3.8, 4) is 0 Å². The van der Waals surface area contributed by atoms with E-state index in [0.29, 0.717) is 0 Å². The lowest BCUT2D eigenvalue weighted by atomic mass is 10.0. The lowest BCUT2D eigenvalue weighted by Gasteiger charge is -2.39. The predicted octanol–water partition coefficient (Wildman–Crippen LogP) is 7.59. The van der Waals surface area contributed by atoms with E-state index in [1.54, 1.807) is 11.3 Å². The molecule has 0 saturated carbocycles. The van der Waals surface area contributed by atoms with Gasteiger partial charge in [-0.05, 0) is 76.2 Å². The molecule has 1 rings (SSSR count). The quantitative estimate of drug-likeness (QED) is 0.204. The van der Waals surface area contributed by atoms with E-state index in [2.05, 4.69) is 70.2 Å². The highest BCUT2D eigenvalue weighted by Crippen LogP contribution is 2.38. The number of aromatic nitrogens is 1. The number of hydrogen-bond acceptors (Lipinski definition) is 4. The minimum atomic E-state index is -1.89. The number of aldehydes is 1. The van der Waals surface area contributed by atoms with Crippen molar-refractivity contribution in [2.75, 3.05) is 0 Å². The number of nitrogens with zero attached hydrogens (tertiary/aromatic N) is 1. The summed E-state index contributed by atoms with van der Waals surface area (Å²) in [4.78, 5) is 15.4. The summed E-state index contributed by atoms with van der Waals surface area (Å²) in [6, 6.07) is 0. The van der Waals surface area contributed by atoms with Crippen molar-refractivity contribution in [2.45, 2.75) is 98.4 Å². The third-order valence-corrected chi connectivity index (χ3v) is 11.2. The maximum Gasteiger partial charge on any atom is 0.192 e. The van der Waals surface area contributed by atoms with E-state index in [0.717, 1.165) is 42.7 Å². The Morgan fingerprint density at radius 3 is 2.48 bits per heavy atom. The number of thiazole rings is 1. The third-order valence-electron chi connectivity index (χ3n) is 5.91. The average Bonchev–Trinajstić information content (AvgIpc) is 3.01. The summed E-state index contributed by atoms with van der Waals surface area (Å²) in [5.74, 6) is 0.157. The number of hydrogen-bond donors (Lipinski definition) is 0. The summed E-state index contributed by atoms with van der Waals surface area (Å²) < 4.78 is 6.81. The van der Waals surface area contributed by atoms with Crippen molar-refractivity contribution in [1.29, 1.82) is 0 Å². The first-order valence-corrected chi connectivity index (χ1v) is 14.5. The monoisotopic (exact) mass is 435 g/mol. The Morgan fingerprint density at radius 2 is 1.97 bits per heavy atom. The first kappa shape index (κ1) is 26.0. The normalized spacial score (nSPS) is 16.0. The predicted molar refractivity (Wildman–Crippen MR) is 130 cm³/mol. The minimum absolute atomic E-state index is 0.0711. The van der Waals surface area contributed by atoms with Gasteiger partial charge in [-0.1, -0.05) is 39.3 Å². The molecule has 0 aliphatic heterocycles. The second-order valence-electron chi connectivity index (χ2n) is 9.84. The van der Waals surface area contributed by atoms with Crippen LogP contribution in [0.3, 0.4) is 0 Å². The van der Waals surface area contributed by atoms with Crippen molar-refractivity contribution in [3.63, 3.8) is 0 Å². The molecule has 0 aliphatic rings. The van der Waals surface area contributed by atoms with Crippen molar-refractivity contribution in [3.05, 3.63) is 33.3 Å². The van der Waals surface area contributed by atoms with Crippen LogP contribution < -0.4 is 0 Å². The fourth-order valence-corrected chi connectivity index (χ4v) is 4.73. The van der Waals surface area contributed by atoms with E-state index in [4.69, 9.17) is 4.43 Å². The molecule has 2 atom stereocenters. The minimum Gasteiger partial charge on any atom is -0.410 e. The number of aryl methyl sites for hydroxylation is 1. The van der Waals surface area contributed by atoms with Gasteiger partial charge in [0.15, 0.2) is 8.32 Å². The molecule has 0 fully saturated rings. The number of rotatable bonds is 11. The lowest BCUT2D eigenvalue weighted by Crippen LogP contribution is -2.44. The van der Waals surface area contributed by atoms with Crippen molar-refractivity contribution in [2.24, 2.45) is 5.92 Å². The molecule has 0 spiro atoms. The molecule has 29 heavy (non-hydrogen) atoms. The van der Waals surface area contributed by atoms with Gasteiger partial charge in [0, 0.05) is 11.3 Å². The van der Waals surface area contributed by atoms with Gasteiger partial charge in [0.25, 0.3) is 0 Å². The first-order valence-electron chi connectivity index (χ1n) is 10.7. The Labute approximate surface area is 183 Å². The molecule has 1 aromatic rings. The van der Waals surface area contributed by atoms with Gasteiger partial charge in [0.05, 0.1) is 16.8 Å². The molecule has 0 aromatic carbocycles. The maximum atomic E-state index is 10.8. The Kier molecular flexibility index (Phi) is 10.2. The molecule has 0 amide bonds. The third kappa shape index (κ3) is 9.10. The van der Waals surface area contributed by atoms with Crippen LogP contribution >= 0.6 is 11.3 Å². The summed E-state index contributed by atoms with van der Waals surface area (Å²) >= 11 is 1.68. The van der Waals surface area contributed by atoms with Crippen LogP contribution in [0.25, 0.3) is 6.08 Å². The SMILES string of the molecule is CC(=CC[C@H](O[Si](C)(C)C(C)(C)C)/C(C)=C/c1csc(C)n1)CCC[C@H](C)C=O. The highest BCUT2D eigenvalue weighted by atomic mass is 32.1. The van der Waals surface area contributed by atoms with Gasteiger partial charge in [0.1, 0.15) is 6.29 Å². The van der Waals surface area contributed by atoms with E-state index >= 15 is 0 Å². The number of carbonyl (C=O) groups is 1. The Bertz CT molecular complexity index is 713. The molecule has 0 radical (unpaired) electrons.